The number of methoxy groups -OCH3 is 1. The van der Waals surface area contributed by atoms with Gasteiger partial charge in [0.05, 0.1) is 44.1 Å². The number of aromatic nitrogens is 2. The van der Waals surface area contributed by atoms with Crippen LogP contribution < -0.4 is 14.4 Å². The summed E-state index contributed by atoms with van der Waals surface area (Å²) in [6.07, 6.45) is 5.64. The van der Waals surface area contributed by atoms with E-state index in [1.807, 2.05) is 11.0 Å². The van der Waals surface area contributed by atoms with Gasteiger partial charge in [0.25, 0.3) is 10.0 Å². The number of nitrogens with one attached hydrogen (secondary N) is 1. The third kappa shape index (κ3) is 5.90. The summed E-state index contributed by atoms with van der Waals surface area (Å²) in [6.45, 7) is 7.35. The molecule has 1 N–H and O–H groups in total. The van der Waals surface area contributed by atoms with E-state index in [1.165, 1.54) is 25.6 Å². The fourth-order valence-corrected chi connectivity index (χ4v) is 6.11. The number of anilines is 2. The van der Waals surface area contributed by atoms with Gasteiger partial charge in [0.2, 0.25) is 5.88 Å². The average Bonchev–Trinajstić information content (AvgIpc) is 3.33. The van der Waals surface area contributed by atoms with Crippen molar-refractivity contribution in [3.63, 3.8) is 0 Å². The fraction of sp³-hybridized carbons (Fsp3) is 0.407. The normalized spacial score (nSPS) is 18.5. The molecule has 2 aliphatic rings. The van der Waals surface area contributed by atoms with Crippen LogP contribution in [0.4, 0.5) is 15.8 Å². The minimum Gasteiger partial charge on any atom is -0.480 e. The number of likely N-dealkylation sites (tertiary alicyclic amines) is 1. The molecule has 0 unspecified atom stereocenters. The van der Waals surface area contributed by atoms with Crippen molar-refractivity contribution in [1.82, 2.24) is 14.9 Å². The molecule has 2 aliphatic heterocycles. The number of hydrogen-bond donors (Lipinski definition) is 1. The predicted molar refractivity (Wildman–Crippen MR) is 143 cm³/mol. The highest BCUT2D eigenvalue weighted by Crippen LogP contribution is 2.30. The Morgan fingerprint density at radius 2 is 1.95 bits per heavy atom. The quantitative estimate of drug-likeness (QED) is 0.461. The van der Waals surface area contributed by atoms with Crippen LogP contribution in [-0.4, -0.2) is 69.8 Å². The Morgan fingerprint density at radius 3 is 2.66 bits per heavy atom. The first kappa shape index (κ1) is 26.3. The molecule has 2 fully saturated rings. The van der Waals surface area contributed by atoms with Gasteiger partial charge in [-0.2, -0.15) is 0 Å². The van der Waals surface area contributed by atoms with E-state index in [9.17, 15) is 8.42 Å². The van der Waals surface area contributed by atoms with Crippen LogP contribution in [0.3, 0.4) is 0 Å². The first-order valence-electron chi connectivity index (χ1n) is 12.7. The molecule has 0 aliphatic carbocycles. The van der Waals surface area contributed by atoms with E-state index in [0.29, 0.717) is 55.6 Å². The molecule has 2 saturated heterocycles. The first-order valence-corrected chi connectivity index (χ1v) is 14.2. The predicted octanol–water partition coefficient (Wildman–Crippen LogP) is 3.77. The molecule has 0 amide bonds. The van der Waals surface area contributed by atoms with Crippen LogP contribution >= 0.6 is 0 Å². The van der Waals surface area contributed by atoms with Crippen LogP contribution in [-0.2, 0) is 21.3 Å². The number of pyridine rings is 2. The second kappa shape index (κ2) is 11.2. The second-order valence-electron chi connectivity index (χ2n) is 9.81. The van der Waals surface area contributed by atoms with Crippen LogP contribution in [0, 0.1) is 11.7 Å². The standard InChI is InChI=1S/C27H32FN5O4S/c1-19-5-6-32(17-19)18-20-3-4-24(25(28)11-20)21-12-22(15-29-14-21)31-38(34,35)26-13-23(16-30-27(26)36-2)33-7-9-37-10-8-33/h3-4,11-16,19,31H,5-10,17-18H2,1-2H3/t19-/m1/s1. The Bertz CT molecular complexity index is 1400. The van der Waals surface area contributed by atoms with Crippen LogP contribution in [0.15, 0.2) is 53.8 Å². The van der Waals surface area contributed by atoms with Crippen molar-refractivity contribution < 1.29 is 22.3 Å². The minimum absolute atomic E-state index is 0.0207. The first-order chi connectivity index (χ1) is 18.3. The summed E-state index contributed by atoms with van der Waals surface area (Å²) < 4.78 is 55.1. The molecule has 202 valence electrons. The van der Waals surface area contributed by atoms with Crippen molar-refractivity contribution in [2.45, 2.75) is 24.8 Å². The van der Waals surface area contributed by atoms with Crippen molar-refractivity contribution in [1.29, 1.82) is 0 Å². The summed E-state index contributed by atoms with van der Waals surface area (Å²) >= 11 is 0. The number of halogens is 1. The third-order valence-electron chi connectivity index (χ3n) is 6.91. The third-order valence-corrected chi connectivity index (χ3v) is 8.29. The Kier molecular flexibility index (Phi) is 7.78. The Balaban J connectivity index is 1.36. The van der Waals surface area contributed by atoms with Gasteiger partial charge in [-0.25, -0.2) is 17.8 Å². The molecular formula is C27H32FN5O4S. The van der Waals surface area contributed by atoms with Gasteiger partial charge in [-0.1, -0.05) is 19.1 Å². The van der Waals surface area contributed by atoms with Crippen LogP contribution in [0.1, 0.15) is 18.9 Å². The number of benzene rings is 1. The van der Waals surface area contributed by atoms with Gasteiger partial charge in [-0.15, -0.1) is 0 Å². The summed E-state index contributed by atoms with van der Waals surface area (Å²) in [5, 5.41) is 0. The number of morpholine rings is 1. The summed E-state index contributed by atoms with van der Waals surface area (Å²) in [4.78, 5) is 12.6. The molecule has 0 saturated carbocycles. The summed E-state index contributed by atoms with van der Waals surface area (Å²) in [5.41, 5.74) is 2.59. The van der Waals surface area contributed by atoms with Crippen LogP contribution in [0.5, 0.6) is 5.88 Å². The van der Waals surface area contributed by atoms with Gasteiger partial charge in [-0.05, 0) is 42.6 Å². The molecule has 38 heavy (non-hydrogen) atoms. The van der Waals surface area contributed by atoms with Crippen molar-refractivity contribution in [3.05, 3.63) is 60.3 Å². The van der Waals surface area contributed by atoms with Gasteiger partial charge < -0.3 is 14.4 Å². The second-order valence-corrected chi connectivity index (χ2v) is 11.5. The molecular weight excluding hydrogens is 509 g/mol. The summed E-state index contributed by atoms with van der Waals surface area (Å²) in [7, 11) is -2.72. The van der Waals surface area contributed by atoms with Crippen LogP contribution in [0.2, 0.25) is 0 Å². The van der Waals surface area contributed by atoms with E-state index in [0.717, 1.165) is 25.1 Å². The summed E-state index contributed by atoms with van der Waals surface area (Å²) in [5.74, 6) is 0.266. The number of sulfonamides is 1. The van der Waals surface area contributed by atoms with E-state index in [-0.39, 0.29) is 22.3 Å². The van der Waals surface area contributed by atoms with E-state index in [4.69, 9.17) is 9.47 Å². The minimum atomic E-state index is -4.09. The zero-order chi connectivity index (χ0) is 26.7. The maximum atomic E-state index is 15.1. The van der Waals surface area contributed by atoms with Crippen LogP contribution in [0.25, 0.3) is 11.1 Å². The highest BCUT2D eigenvalue weighted by Gasteiger charge is 2.24. The van der Waals surface area contributed by atoms with Crippen molar-refractivity contribution in [2.24, 2.45) is 5.92 Å². The molecule has 11 heteroatoms. The fourth-order valence-electron chi connectivity index (χ4n) is 4.93. The maximum Gasteiger partial charge on any atom is 0.267 e. The smallest absolute Gasteiger partial charge is 0.267 e. The molecule has 1 aromatic carbocycles. The van der Waals surface area contributed by atoms with E-state index in [2.05, 4.69) is 26.5 Å². The van der Waals surface area contributed by atoms with Crippen molar-refractivity contribution in [2.75, 3.05) is 56.1 Å². The van der Waals surface area contributed by atoms with Gasteiger partial charge in [-0.3, -0.25) is 14.6 Å². The lowest BCUT2D eigenvalue weighted by atomic mass is 10.0. The summed E-state index contributed by atoms with van der Waals surface area (Å²) in [6, 6.07) is 8.28. The largest absolute Gasteiger partial charge is 0.480 e. The molecule has 3 aromatic rings. The number of hydrogen-bond acceptors (Lipinski definition) is 8. The van der Waals surface area contributed by atoms with Crippen molar-refractivity contribution >= 4 is 21.4 Å². The maximum absolute atomic E-state index is 15.1. The Morgan fingerprint density at radius 1 is 1.13 bits per heavy atom. The van der Waals surface area contributed by atoms with Gasteiger partial charge in [0, 0.05) is 43.5 Å². The molecule has 2 aromatic heterocycles. The van der Waals surface area contributed by atoms with Gasteiger partial charge in [0.1, 0.15) is 5.82 Å². The molecule has 4 heterocycles. The monoisotopic (exact) mass is 541 g/mol. The van der Waals surface area contributed by atoms with Gasteiger partial charge in [0.15, 0.2) is 4.90 Å². The zero-order valence-corrected chi connectivity index (χ0v) is 22.4. The molecule has 5 rings (SSSR count). The average molecular weight is 542 g/mol. The molecule has 1 atom stereocenters. The molecule has 0 spiro atoms. The lowest BCUT2D eigenvalue weighted by Crippen LogP contribution is -2.36. The van der Waals surface area contributed by atoms with Gasteiger partial charge >= 0.3 is 0 Å². The molecule has 0 radical (unpaired) electrons. The molecule has 9 nitrogen and oxygen atoms in total. The van der Waals surface area contributed by atoms with E-state index in [1.54, 1.807) is 24.4 Å². The lowest BCUT2D eigenvalue weighted by Gasteiger charge is -2.29. The Labute approximate surface area is 222 Å². The van der Waals surface area contributed by atoms with E-state index >= 15 is 4.39 Å². The molecule has 0 bridgehead atoms. The van der Waals surface area contributed by atoms with E-state index < -0.39 is 10.0 Å². The SMILES string of the molecule is COc1ncc(N2CCOCC2)cc1S(=O)(=O)Nc1cncc(-c2ccc(CN3CC[C@@H](C)C3)cc2F)c1. The highest BCUT2D eigenvalue weighted by atomic mass is 32.2. The Hall–Kier alpha value is -3.28. The number of nitrogens with zero attached hydrogens (tertiary/aromatic N) is 4. The topological polar surface area (TPSA) is 96.9 Å². The number of ether oxygens (including phenoxy) is 2. The lowest BCUT2D eigenvalue weighted by molar-refractivity contribution is 0.122. The number of rotatable bonds is 8. The van der Waals surface area contributed by atoms with Crippen molar-refractivity contribution in [3.8, 4) is 17.0 Å². The highest BCUT2D eigenvalue weighted by molar-refractivity contribution is 7.92. The zero-order valence-electron chi connectivity index (χ0n) is 21.6.